The minimum atomic E-state index is 0.640. The molecule has 1 heteroatoms. The lowest BCUT2D eigenvalue weighted by Gasteiger charge is -2.08. The van der Waals surface area contributed by atoms with Gasteiger partial charge in [-0.25, -0.2) is 0 Å². The normalized spacial score (nSPS) is 10.8. The van der Waals surface area contributed by atoms with Crippen LogP contribution < -0.4 is 0 Å². The fraction of sp³-hybridized carbons (Fsp3) is 0.0500. The molecule has 102 valence electrons. The Morgan fingerprint density at radius 1 is 1.10 bits per heavy atom. The number of nitrogens with zero attached hydrogens (tertiary/aromatic N) is 1. The van der Waals surface area contributed by atoms with Crippen LogP contribution in [0.2, 0.25) is 0 Å². The van der Waals surface area contributed by atoms with E-state index in [1.807, 2.05) is 55.5 Å². The predicted molar refractivity (Wildman–Crippen MR) is 89.6 cm³/mol. The summed E-state index contributed by atoms with van der Waals surface area (Å²) in [6, 6.07) is 18.1. The van der Waals surface area contributed by atoms with Crippen LogP contribution in [0.15, 0.2) is 79.4 Å². The van der Waals surface area contributed by atoms with E-state index in [2.05, 4.69) is 25.3 Å². The quantitative estimate of drug-likeness (QED) is 0.686. The fourth-order valence-corrected chi connectivity index (χ4v) is 2.18. The van der Waals surface area contributed by atoms with E-state index in [-0.39, 0.29) is 0 Å². The maximum Gasteiger partial charge on any atom is 0.0992 e. The van der Waals surface area contributed by atoms with Crippen molar-refractivity contribution >= 4 is 5.57 Å². The van der Waals surface area contributed by atoms with E-state index in [4.69, 9.17) is 0 Å². The summed E-state index contributed by atoms with van der Waals surface area (Å²) in [5.41, 5.74) is 5.66. The van der Waals surface area contributed by atoms with Gasteiger partial charge in [0.05, 0.1) is 11.6 Å². The molecule has 0 unspecified atom stereocenters. The van der Waals surface area contributed by atoms with Crippen LogP contribution in [-0.4, -0.2) is 0 Å². The zero-order chi connectivity index (χ0) is 15.2. The van der Waals surface area contributed by atoms with Crippen LogP contribution in [0.3, 0.4) is 0 Å². The van der Waals surface area contributed by atoms with Gasteiger partial charge in [0.2, 0.25) is 0 Å². The first-order valence-corrected chi connectivity index (χ1v) is 6.74. The molecule has 0 aromatic heterocycles. The molecule has 0 aliphatic carbocycles. The Morgan fingerprint density at radius 2 is 1.81 bits per heavy atom. The maximum absolute atomic E-state index is 9.26. The third-order valence-electron chi connectivity index (χ3n) is 3.12. The van der Waals surface area contributed by atoms with E-state index < -0.39 is 0 Å². The highest BCUT2D eigenvalue weighted by atomic mass is 14.2. The summed E-state index contributed by atoms with van der Waals surface area (Å²) in [4.78, 5) is 0. The largest absolute Gasteiger partial charge is 0.192 e. The average molecular weight is 271 g/mol. The smallest absolute Gasteiger partial charge is 0.0992 e. The molecule has 2 rings (SSSR count). The van der Waals surface area contributed by atoms with Crippen molar-refractivity contribution in [1.82, 2.24) is 0 Å². The second-order valence-electron chi connectivity index (χ2n) is 4.93. The van der Waals surface area contributed by atoms with Gasteiger partial charge in [-0.3, -0.25) is 0 Å². The summed E-state index contributed by atoms with van der Waals surface area (Å²) >= 11 is 0. The van der Waals surface area contributed by atoms with Gasteiger partial charge in [0.15, 0.2) is 0 Å². The van der Waals surface area contributed by atoms with Gasteiger partial charge in [0.1, 0.15) is 0 Å². The number of allylic oxidation sites excluding steroid dienone is 4. The van der Waals surface area contributed by atoms with Crippen molar-refractivity contribution < 1.29 is 0 Å². The number of nitriles is 1. The number of hydrogen-bond donors (Lipinski definition) is 0. The first kappa shape index (κ1) is 14.6. The first-order valence-electron chi connectivity index (χ1n) is 6.74. The van der Waals surface area contributed by atoms with E-state index in [1.165, 1.54) is 0 Å². The Morgan fingerprint density at radius 3 is 2.38 bits per heavy atom. The molecule has 0 amide bonds. The van der Waals surface area contributed by atoms with Gasteiger partial charge < -0.3 is 0 Å². The molecule has 0 saturated heterocycles. The minimum absolute atomic E-state index is 0.640. The van der Waals surface area contributed by atoms with Gasteiger partial charge in [-0.15, -0.1) is 0 Å². The van der Waals surface area contributed by atoms with Crippen molar-refractivity contribution in [3.8, 4) is 17.2 Å². The van der Waals surface area contributed by atoms with Crippen molar-refractivity contribution in [3.05, 3.63) is 90.5 Å². The monoisotopic (exact) mass is 271 g/mol. The van der Waals surface area contributed by atoms with Gasteiger partial charge in [-0.1, -0.05) is 61.2 Å². The Labute approximate surface area is 126 Å². The average Bonchev–Trinajstić information content (AvgIpc) is 2.52. The molecule has 1 nitrogen and oxygen atoms in total. The fourth-order valence-electron chi connectivity index (χ4n) is 2.18. The Balaban J connectivity index is 2.61. The van der Waals surface area contributed by atoms with E-state index >= 15 is 0 Å². The third kappa shape index (κ3) is 3.58. The molecular weight excluding hydrogens is 254 g/mol. The SMILES string of the molecule is C=C/C(=C\C(=C)C)c1cc(C#N)cc(-c2ccccc2)c1. The molecule has 21 heavy (non-hydrogen) atoms. The van der Waals surface area contributed by atoms with Crippen molar-refractivity contribution in [2.24, 2.45) is 0 Å². The van der Waals surface area contributed by atoms with Gasteiger partial charge >= 0.3 is 0 Å². The van der Waals surface area contributed by atoms with E-state index in [0.29, 0.717) is 5.56 Å². The molecule has 0 N–H and O–H groups in total. The van der Waals surface area contributed by atoms with Gasteiger partial charge in [-0.05, 0) is 47.4 Å². The molecule has 0 fully saturated rings. The molecule has 2 aromatic rings. The highest BCUT2D eigenvalue weighted by Crippen LogP contribution is 2.26. The lowest BCUT2D eigenvalue weighted by atomic mass is 9.95. The van der Waals surface area contributed by atoms with Crippen molar-refractivity contribution in [3.63, 3.8) is 0 Å². The van der Waals surface area contributed by atoms with Crippen LogP contribution in [0, 0.1) is 11.3 Å². The first-order chi connectivity index (χ1) is 10.1. The Bertz CT molecular complexity index is 743. The standard InChI is InChI=1S/C20H17N/c1-4-17(10-15(2)3)19-11-16(14-21)12-20(13-19)18-8-6-5-7-9-18/h4-13H,1-2H2,3H3/b17-10+. The maximum atomic E-state index is 9.26. The van der Waals surface area contributed by atoms with Gasteiger partial charge in [0.25, 0.3) is 0 Å². The van der Waals surface area contributed by atoms with Crippen LogP contribution in [0.5, 0.6) is 0 Å². The molecule has 0 heterocycles. The van der Waals surface area contributed by atoms with Crippen molar-refractivity contribution in [2.45, 2.75) is 6.92 Å². The van der Waals surface area contributed by atoms with Crippen LogP contribution in [0.1, 0.15) is 18.1 Å². The van der Waals surface area contributed by atoms with E-state index in [0.717, 1.165) is 27.8 Å². The van der Waals surface area contributed by atoms with Crippen molar-refractivity contribution in [2.75, 3.05) is 0 Å². The Kier molecular flexibility index (Phi) is 4.53. The van der Waals surface area contributed by atoms with Crippen molar-refractivity contribution in [1.29, 1.82) is 5.26 Å². The topological polar surface area (TPSA) is 23.8 Å². The number of benzene rings is 2. The third-order valence-corrected chi connectivity index (χ3v) is 3.12. The second kappa shape index (κ2) is 6.54. The molecule has 2 aromatic carbocycles. The summed E-state index contributed by atoms with van der Waals surface area (Å²) in [6.07, 6.45) is 3.76. The number of rotatable bonds is 4. The van der Waals surface area contributed by atoms with Crippen LogP contribution in [0.25, 0.3) is 16.7 Å². The molecular formula is C20H17N. The zero-order valence-electron chi connectivity index (χ0n) is 12.1. The second-order valence-corrected chi connectivity index (χ2v) is 4.93. The minimum Gasteiger partial charge on any atom is -0.192 e. The number of hydrogen-bond acceptors (Lipinski definition) is 1. The molecule has 0 spiro atoms. The van der Waals surface area contributed by atoms with E-state index in [9.17, 15) is 5.26 Å². The summed E-state index contributed by atoms with van der Waals surface area (Å²) in [5.74, 6) is 0. The zero-order valence-corrected chi connectivity index (χ0v) is 12.1. The van der Waals surface area contributed by atoms with Crippen LogP contribution >= 0.6 is 0 Å². The predicted octanol–water partition coefficient (Wildman–Crippen LogP) is 5.37. The summed E-state index contributed by atoms with van der Waals surface area (Å²) < 4.78 is 0. The summed E-state index contributed by atoms with van der Waals surface area (Å²) in [7, 11) is 0. The molecule has 0 atom stereocenters. The molecule has 0 aliphatic rings. The molecule has 0 aliphatic heterocycles. The molecule has 0 saturated carbocycles. The lowest BCUT2D eigenvalue weighted by Crippen LogP contribution is -1.88. The lowest BCUT2D eigenvalue weighted by molar-refractivity contribution is 1.46. The molecule has 0 bridgehead atoms. The molecule has 0 radical (unpaired) electrons. The summed E-state index contributed by atoms with van der Waals surface area (Å²) in [6.45, 7) is 9.70. The Hall–Kier alpha value is -2.85. The van der Waals surface area contributed by atoms with Crippen LogP contribution in [-0.2, 0) is 0 Å². The van der Waals surface area contributed by atoms with Gasteiger partial charge in [-0.2, -0.15) is 5.26 Å². The highest BCUT2D eigenvalue weighted by Gasteiger charge is 2.05. The van der Waals surface area contributed by atoms with E-state index in [1.54, 1.807) is 6.08 Å². The highest BCUT2D eigenvalue weighted by molar-refractivity contribution is 5.80. The van der Waals surface area contributed by atoms with Gasteiger partial charge in [0, 0.05) is 0 Å². The summed E-state index contributed by atoms with van der Waals surface area (Å²) in [5, 5.41) is 9.26. The van der Waals surface area contributed by atoms with Crippen LogP contribution in [0.4, 0.5) is 0 Å².